The van der Waals surface area contributed by atoms with Gasteiger partial charge < -0.3 is 14.6 Å². The Morgan fingerprint density at radius 3 is 2.37 bits per heavy atom. The second kappa shape index (κ2) is 9.34. The minimum Gasteiger partial charge on any atom is -0.457 e. The summed E-state index contributed by atoms with van der Waals surface area (Å²) >= 11 is 0. The second-order valence-corrected chi connectivity index (χ2v) is 7.09. The largest absolute Gasteiger partial charge is 0.457 e. The molecule has 1 N–H and O–H groups in total. The molecule has 0 radical (unpaired) electrons. The highest BCUT2D eigenvalue weighted by atomic mass is 19.4. The van der Waals surface area contributed by atoms with E-state index in [4.69, 9.17) is 4.74 Å². The van der Waals surface area contributed by atoms with E-state index in [0.717, 1.165) is 25.2 Å². The number of benzene rings is 2. The molecule has 0 aliphatic rings. The molecule has 4 nitrogen and oxygen atoms in total. The van der Waals surface area contributed by atoms with Crippen LogP contribution in [0.1, 0.15) is 41.0 Å². The molecule has 0 aliphatic heterocycles. The maximum Gasteiger partial charge on any atom is 0.432 e. The molecule has 7 heteroatoms. The Bertz CT molecular complexity index is 993. The fraction of sp³-hybridized carbons (Fsp3) is 0.348. The van der Waals surface area contributed by atoms with E-state index in [0.29, 0.717) is 12.0 Å². The molecule has 3 aromatic rings. The van der Waals surface area contributed by atoms with Crippen molar-refractivity contribution in [3.8, 4) is 0 Å². The molecule has 0 fully saturated rings. The number of carbonyl (C=O) groups excluding carboxylic acids is 1. The third kappa shape index (κ3) is 5.02. The molecule has 30 heavy (non-hydrogen) atoms. The van der Waals surface area contributed by atoms with Gasteiger partial charge in [-0.1, -0.05) is 50.2 Å². The number of nitrogens with zero attached hydrogens (tertiary/aromatic N) is 1. The Morgan fingerprint density at radius 1 is 1.03 bits per heavy atom. The first-order valence-electron chi connectivity index (χ1n) is 9.98. The zero-order valence-corrected chi connectivity index (χ0v) is 17.1. The number of hydrogen-bond donors (Lipinski definition) is 1. The van der Waals surface area contributed by atoms with E-state index in [-0.39, 0.29) is 17.5 Å². The summed E-state index contributed by atoms with van der Waals surface area (Å²) in [4.78, 5) is 17.3. The molecular weight excluding hydrogens is 393 g/mol. The number of aromatic nitrogens is 1. The molecule has 0 bridgehead atoms. The number of hydrogen-bond acceptors (Lipinski definition) is 3. The predicted molar refractivity (Wildman–Crippen MR) is 110 cm³/mol. The summed E-state index contributed by atoms with van der Waals surface area (Å²) in [6.07, 6.45) is -4.01. The topological polar surface area (TPSA) is 45.3 Å². The first kappa shape index (κ1) is 21.9. The van der Waals surface area contributed by atoms with Gasteiger partial charge >= 0.3 is 12.1 Å². The highest BCUT2D eigenvalue weighted by molar-refractivity contribution is 6.06. The number of nitrogens with one attached hydrogen (secondary N) is 1. The summed E-state index contributed by atoms with van der Waals surface area (Å²) in [6, 6.07) is 13.9. The van der Waals surface area contributed by atoms with E-state index >= 15 is 0 Å². The Labute approximate surface area is 173 Å². The van der Waals surface area contributed by atoms with E-state index < -0.39 is 23.4 Å². The number of alkyl halides is 3. The molecule has 0 aliphatic carbocycles. The number of ether oxygens (including phenoxy) is 1. The molecule has 1 aromatic heterocycles. The van der Waals surface area contributed by atoms with Crippen molar-refractivity contribution in [3.05, 3.63) is 70.9 Å². The number of esters is 1. The molecule has 0 saturated heterocycles. The summed E-state index contributed by atoms with van der Waals surface area (Å²) in [5, 5.41) is 0.234. The molecule has 1 heterocycles. The lowest BCUT2D eigenvalue weighted by Gasteiger charge is -2.17. The lowest BCUT2D eigenvalue weighted by molar-refractivity contribution is -0.141. The first-order chi connectivity index (χ1) is 14.3. The van der Waals surface area contributed by atoms with Gasteiger partial charge in [-0.25, -0.2) is 4.79 Å². The van der Waals surface area contributed by atoms with Crippen LogP contribution >= 0.6 is 0 Å². The smallest absolute Gasteiger partial charge is 0.432 e. The number of H-pyrrole nitrogens is 1. The van der Waals surface area contributed by atoms with Crippen molar-refractivity contribution < 1.29 is 22.7 Å². The standard InChI is InChI=1S/C23H25F3N2O2/c1-3-28(4-2)13-12-16-10-11-19-18(14-16)20(21(27-19)23(24,25)26)22(29)30-15-17-8-6-5-7-9-17/h5-11,14,27H,3-4,12-13,15H2,1-2H3. The van der Waals surface area contributed by atoms with E-state index in [9.17, 15) is 18.0 Å². The summed E-state index contributed by atoms with van der Waals surface area (Å²) in [6.45, 7) is 6.63. The molecule has 2 aromatic carbocycles. The van der Waals surface area contributed by atoms with E-state index in [2.05, 4.69) is 23.7 Å². The fourth-order valence-corrected chi connectivity index (χ4v) is 3.44. The van der Waals surface area contributed by atoms with Crippen LogP contribution in [0.15, 0.2) is 48.5 Å². The lowest BCUT2D eigenvalue weighted by Crippen LogP contribution is -2.25. The average Bonchev–Trinajstić information content (AvgIpc) is 3.13. The quantitative estimate of drug-likeness (QED) is 0.496. The number of rotatable bonds is 8. The van der Waals surface area contributed by atoms with Crippen molar-refractivity contribution in [2.75, 3.05) is 19.6 Å². The van der Waals surface area contributed by atoms with Crippen molar-refractivity contribution in [3.63, 3.8) is 0 Å². The van der Waals surface area contributed by atoms with E-state index in [1.165, 1.54) is 0 Å². The van der Waals surface area contributed by atoms with Gasteiger partial charge in [-0.3, -0.25) is 0 Å². The monoisotopic (exact) mass is 418 g/mol. The van der Waals surface area contributed by atoms with Gasteiger partial charge in [0.15, 0.2) is 0 Å². The van der Waals surface area contributed by atoms with Crippen LogP contribution in [0.2, 0.25) is 0 Å². The molecule has 160 valence electrons. The summed E-state index contributed by atoms with van der Waals surface area (Å²) in [5.41, 5.74) is 0.313. The SMILES string of the molecule is CCN(CC)CCc1ccc2[nH]c(C(F)(F)F)c(C(=O)OCc3ccccc3)c2c1. The molecule has 0 spiro atoms. The van der Waals surface area contributed by atoms with Crippen LogP contribution in [0.4, 0.5) is 13.2 Å². The van der Waals surface area contributed by atoms with Gasteiger partial charge in [-0.05, 0) is 42.8 Å². The van der Waals surface area contributed by atoms with Gasteiger partial charge in [0, 0.05) is 17.4 Å². The fourth-order valence-electron chi connectivity index (χ4n) is 3.44. The predicted octanol–water partition coefficient (Wildman–Crippen LogP) is 5.43. The van der Waals surface area contributed by atoms with Gasteiger partial charge in [0.1, 0.15) is 12.3 Å². The van der Waals surface area contributed by atoms with Crippen molar-refractivity contribution in [1.29, 1.82) is 0 Å². The van der Waals surface area contributed by atoms with Crippen LogP contribution in [0.25, 0.3) is 10.9 Å². The minimum absolute atomic E-state index is 0.0920. The van der Waals surface area contributed by atoms with Gasteiger partial charge in [0.25, 0.3) is 0 Å². The van der Waals surface area contributed by atoms with Crippen LogP contribution in [0.5, 0.6) is 0 Å². The summed E-state index contributed by atoms with van der Waals surface area (Å²) in [7, 11) is 0. The zero-order valence-electron chi connectivity index (χ0n) is 17.1. The van der Waals surface area contributed by atoms with Crippen molar-refractivity contribution in [1.82, 2.24) is 9.88 Å². The van der Waals surface area contributed by atoms with E-state index in [1.807, 2.05) is 6.07 Å². The molecule has 0 saturated carbocycles. The van der Waals surface area contributed by atoms with Gasteiger partial charge in [-0.2, -0.15) is 13.2 Å². The number of aromatic amines is 1. The maximum absolute atomic E-state index is 13.6. The van der Waals surface area contributed by atoms with Gasteiger partial charge in [0.2, 0.25) is 0 Å². The molecule has 0 atom stereocenters. The van der Waals surface area contributed by atoms with Crippen molar-refractivity contribution in [2.45, 2.75) is 33.1 Å². The summed E-state index contributed by atoms with van der Waals surface area (Å²) < 4.78 is 46.1. The molecule has 3 rings (SSSR count). The van der Waals surface area contributed by atoms with Crippen LogP contribution in [0.3, 0.4) is 0 Å². The van der Waals surface area contributed by atoms with Crippen LogP contribution in [-0.4, -0.2) is 35.5 Å². The number of carbonyl (C=O) groups is 1. The average molecular weight is 418 g/mol. The Kier molecular flexibility index (Phi) is 6.82. The van der Waals surface area contributed by atoms with Gasteiger partial charge in [-0.15, -0.1) is 0 Å². The first-order valence-corrected chi connectivity index (χ1v) is 9.98. The highest BCUT2D eigenvalue weighted by Crippen LogP contribution is 2.36. The van der Waals surface area contributed by atoms with Crippen LogP contribution in [0, 0.1) is 0 Å². The minimum atomic E-state index is -4.69. The highest BCUT2D eigenvalue weighted by Gasteiger charge is 2.39. The van der Waals surface area contributed by atoms with Crippen molar-refractivity contribution >= 4 is 16.9 Å². The number of fused-ring (bicyclic) bond motifs is 1. The molecule has 0 amide bonds. The number of likely N-dealkylation sites (N-methyl/N-ethyl adjacent to an activating group) is 1. The van der Waals surface area contributed by atoms with E-state index in [1.54, 1.807) is 42.5 Å². The zero-order chi connectivity index (χ0) is 21.7. The second-order valence-electron chi connectivity index (χ2n) is 7.09. The maximum atomic E-state index is 13.6. The third-order valence-electron chi connectivity index (χ3n) is 5.17. The lowest BCUT2D eigenvalue weighted by atomic mass is 10.1. The van der Waals surface area contributed by atoms with Crippen molar-refractivity contribution in [2.24, 2.45) is 0 Å². The molecule has 0 unspecified atom stereocenters. The van der Waals surface area contributed by atoms with Crippen LogP contribution < -0.4 is 0 Å². The number of halogens is 3. The third-order valence-corrected chi connectivity index (χ3v) is 5.17. The summed E-state index contributed by atoms with van der Waals surface area (Å²) in [5.74, 6) is -0.988. The van der Waals surface area contributed by atoms with Gasteiger partial charge in [0.05, 0.1) is 5.56 Å². The molecular formula is C23H25F3N2O2. The normalized spacial score (nSPS) is 11.9. The van der Waals surface area contributed by atoms with Crippen LogP contribution in [-0.2, 0) is 23.9 Å². The Morgan fingerprint density at radius 2 is 1.73 bits per heavy atom. The Balaban J connectivity index is 1.92. The Hall–Kier alpha value is -2.80.